The molecule has 0 bridgehead atoms. The highest BCUT2D eigenvalue weighted by Crippen LogP contribution is 2.27. The van der Waals surface area contributed by atoms with Crippen LogP contribution in [0.25, 0.3) is 10.2 Å². The van der Waals surface area contributed by atoms with E-state index in [0.29, 0.717) is 0 Å². The van der Waals surface area contributed by atoms with Crippen LogP contribution in [0.2, 0.25) is 0 Å². The van der Waals surface area contributed by atoms with Crippen LogP contribution in [0.4, 0.5) is 9.52 Å². The molecule has 0 amide bonds. The van der Waals surface area contributed by atoms with Gasteiger partial charge in [-0.25, -0.2) is 9.37 Å². The Morgan fingerprint density at radius 2 is 1.88 bits per heavy atom. The summed E-state index contributed by atoms with van der Waals surface area (Å²) in [6.07, 6.45) is 10.6. The molecule has 0 aliphatic heterocycles. The van der Waals surface area contributed by atoms with Gasteiger partial charge < -0.3 is 5.32 Å². The van der Waals surface area contributed by atoms with Crippen molar-refractivity contribution in [3.8, 4) is 0 Å². The first-order valence-corrected chi connectivity index (χ1v) is 10.9. The number of halogens is 1. The fourth-order valence-electron chi connectivity index (χ4n) is 2.48. The third-order valence-corrected chi connectivity index (χ3v) is 6.04. The van der Waals surface area contributed by atoms with E-state index in [1.165, 1.54) is 74.8 Å². The Labute approximate surface area is 157 Å². The molecule has 0 atom stereocenters. The molecule has 0 spiro atoms. The van der Waals surface area contributed by atoms with Gasteiger partial charge in [0.2, 0.25) is 0 Å². The van der Waals surface area contributed by atoms with Crippen molar-refractivity contribution in [3.05, 3.63) is 24.0 Å². The molecule has 0 saturated carbocycles. The molecule has 1 heterocycles. The Morgan fingerprint density at radius 1 is 1.17 bits per heavy atom. The number of hydrogen-bond acceptors (Lipinski definition) is 4. The molecule has 2 nitrogen and oxygen atoms in total. The molecule has 1 aromatic carbocycles. The maximum Gasteiger partial charge on any atom is 0.189 e. The number of thiazole rings is 1. The van der Waals surface area contributed by atoms with E-state index in [0.717, 1.165) is 25.4 Å². The number of rotatable bonds is 10. The third-order valence-electron chi connectivity index (χ3n) is 3.79. The van der Waals surface area contributed by atoms with E-state index in [4.69, 9.17) is 12.2 Å². The lowest BCUT2D eigenvalue weighted by Gasteiger charge is -2.04. The number of anilines is 1. The number of thiocarbonyl (C=S) groups is 1. The largest absolute Gasteiger partial charge is 0.317 e. The number of nitrogens with zero attached hydrogens (tertiary/aromatic N) is 1. The van der Waals surface area contributed by atoms with Gasteiger partial charge >= 0.3 is 0 Å². The average molecular weight is 385 g/mol. The smallest absolute Gasteiger partial charge is 0.189 e. The molecule has 2 aromatic rings. The molecule has 6 heteroatoms. The fraction of sp³-hybridized carbons (Fsp3) is 0.556. The summed E-state index contributed by atoms with van der Waals surface area (Å²) in [4.78, 5) is 4.43. The number of thioether (sulfide) groups is 1. The molecule has 0 radical (unpaired) electrons. The SMILES string of the molecule is CCCCCCCCCCSC(=S)Nc1nc2ccc(F)cc2s1. The zero-order valence-corrected chi connectivity index (χ0v) is 16.6. The summed E-state index contributed by atoms with van der Waals surface area (Å²) < 4.78 is 14.8. The van der Waals surface area contributed by atoms with Crippen LogP contribution >= 0.6 is 35.3 Å². The maximum atomic E-state index is 13.2. The van der Waals surface area contributed by atoms with Crippen molar-refractivity contribution in [1.29, 1.82) is 0 Å². The quantitative estimate of drug-likeness (QED) is 0.352. The van der Waals surface area contributed by atoms with Gasteiger partial charge in [0.05, 0.1) is 10.2 Å². The number of unbranched alkanes of at least 4 members (excludes halogenated alkanes) is 7. The van der Waals surface area contributed by atoms with Crippen molar-refractivity contribution in [1.82, 2.24) is 4.98 Å². The summed E-state index contributed by atoms with van der Waals surface area (Å²) in [6, 6.07) is 4.64. The van der Waals surface area contributed by atoms with E-state index in [2.05, 4.69) is 17.2 Å². The van der Waals surface area contributed by atoms with Gasteiger partial charge in [0, 0.05) is 5.75 Å². The van der Waals surface area contributed by atoms with Crippen LogP contribution in [0.3, 0.4) is 0 Å². The van der Waals surface area contributed by atoms with Crippen molar-refractivity contribution in [2.75, 3.05) is 11.1 Å². The average Bonchev–Trinajstić information content (AvgIpc) is 2.94. The Balaban J connectivity index is 1.59. The Hall–Kier alpha value is -0.720. The number of nitrogens with one attached hydrogen (secondary N) is 1. The zero-order chi connectivity index (χ0) is 17.2. The first kappa shape index (κ1) is 19.6. The van der Waals surface area contributed by atoms with Crippen LogP contribution in [-0.2, 0) is 0 Å². The lowest BCUT2D eigenvalue weighted by molar-refractivity contribution is 0.586. The van der Waals surface area contributed by atoms with Crippen molar-refractivity contribution in [3.63, 3.8) is 0 Å². The summed E-state index contributed by atoms with van der Waals surface area (Å²) in [5.41, 5.74) is 0.805. The first-order valence-electron chi connectivity index (χ1n) is 8.69. The molecule has 1 N–H and O–H groups in total. The summed E-state index contributed by atoms with van der Waals surface area (Å²) in [5.74, 6) is 0.810. The minimum Gasteiger partial charge on any atom is -0.317 e. The molecule has 0 aliphatic carbocycles. The summed E-state index contributed by atoms with van der Waals surface area (Å²) >= 11 is 8.46. The van der Waals surface area contributed by atoms with E-state index < -0.39 is 0 Å². The highest BCUT2D eigenvalue weighted by atomic mass is 32.2. The highest BCUT2D eigenvalue weighted by Gasteiger charge is 2.06. The third kappa shape index (κ3) is 7.03. The van der Waals surface area contributed by atoms with Gasteiger partial charge in [-0.3, -0.25) is 0 Å². The Kier molecular flexibility index (Phi) is 8.99. The highest BCUT2D eigenvalue weighted by molar-refractivity contribution is 8.23. The van der Waals surface area contributed by atoms with Gasteiger partial charge in [-0.15, -0.1) is 0 Å². The monoisotopic (exact) mass is 384 g/mol. The van der Waals surface area contributed by atoms with Gasteiger partial charge in [0.25, 0.3) is 0 Å². The van der Waals surface area contributed by atoms with E-state index >= 15 is 0 Å². The van der Waals surface area contributed by atoms with Gasteiger partial charge in [0.1, 0.15) is 10.1 Å². The van der Waals surface area contributed by atoms with Crippen LogP contribution < -0.4 is 5.32 Å². The number of benzene rings is 1. The van der Waals surface area contributed by atoms with Gasteiger partial charge in [0.15, 0.2) is 5.13 Å². The second kappa shape index (κ2) is 11.0. The van der Waals surface area contributed by atoms with E-state index in [9.17, 15) is 4.39 Å². The van der Waals surface area contributed by atoms with Crippen molar-refractivity contribution >= 4 is 55.0 Å². The predicted octanol–water partition coefficient (Wildman–Crippen LogP) is 7.01. The summed E-state index contributed by atoms with van der Waals surface area (Å²) in [7, 11) is 0. The lowest BCUT2D eigenvalue weighted by atomic mass is 10.1. The molecule has 0 saturated heterocycles. The van der Waals surface area contributed by atoms with Crippen molar-refractivity contribution < 1.29 is 4.39 Å². The molecule has 1 aromatic heterocycles. The minimum absolute atomic E-state index is 0.232. The van der Waals surface area contributed by atoms with Crippen LogP contribution in [0.1, 0.15) is 58.3 Å². The normalized spacial score (nSPS) is 11.1. The van der Waals surface area contributed by atoms with Crippen LogP contribution in [0.15, 0.2) is 18.2 Å². The maximum absolute atomic E-state index is 13.2. The minimum atomic E-state index is -0.232. The van der Waals surface area contributed by atoms with Crippen molar-refractivity contribution in [2.45, 2.75) is 58.3 Å². The number of aromatic nitrogens is 1. The molecular weight excluding hydrogens is 359 g/mol. The van der Waals surface area contributed by atoms with Crippen LogP contribution in [0, 0.1) is 5.82 Å². The standard InChI is InChI=1S/C18H25FN2S3/c1-2-3-4-5-6-7-8-9-12-23-18(22)21-17-20-15-11-10-14(19)13-16(15)24-17/h10-11,13H,2-9,12H2,1H3,(H,20,21,22). The van der Waals surface area contributed by atoms with E-state index in [1.807, 2.05) is 0 Å². The Morgan fingerprint density at radius 3 is 2.62 bits per heavy atom. The Bertz CT molecular complexity index is 642. The molecule has 24 heavy (non-hydrogen) atoms. The summed E-state index contributed by atoms with van der Waals surface area (Å²) in [5, 5.41) is 3.90. The van der Waals surface area contributed by atoms with Crippen LogP contribution in [0.5, 0.6) is 0 Å². The molecular formula is C18H25FN2S3. The molecule has 0 aliphatic rings. The topological polar surface area (TPSA) is 24.9 Å². The van der Waals surface area contributed by atoms with Crippen molar-refractivity contribution in [2.24, 2.45) is 0 Å². The number of hydrogen-bond donors (Lipinski definition) is 1. The van der Waals surface area contributed by atoms with Gasteiger partial charge in [-0.2, -0.15) is 0 Å². The molecule has 0 fully saturated rings. The number of fused-ring (bicyclic) bond motifs is 1. The second-order valence-electron chi connectivity index (χ2n) is 5.87. The molecule has 0 unspecified atom stereocenters. The van der Waals surface area contributed by atoms with E-state index in [1.54, 1.807) is 17.8 Å². The van der Waals surface area contributed by atoms with Gasteiger partial charge in [-0.1, -0.05) is 87.2 Å². The molecule has 2 rings (SSSR count). The summed E-state index contributed by atoms with van der Waals surface area (Å²) in [6.45, 7) is 2.25. The fourth-order valence-corrected chi connectivity index (χ4v) is 4.55. The predicted molar refractivity (Wildman–Crippen MR) is 111 cm³/mol. The zero-order valence-electron chi connectivity index (χ0n) is 14.1. The lowest BCUT2D eigenvalue weighted by Crippen LogP contribution is -2.04. The first-order chi connectivity index (χ1) is 11.7. The second-order valence-corrected chi connectivity index (χ2v) is 8.67. The van der Waals surface area contributed by atoms with Crippen LogP contribution in [-0.4, -0.2) is 15.1 Å². The molecule has 132 valence electrons. The van der Waals surface area contributed by atoms with Gasteiger partial charge in [-0.05, 0) is 24.6 Å². The van der Waals surface area contributed by atoms with E-state index in [-0.39, 0.29) is 5.82 Å².